The molecule has 0 radical (unpaired) electrons. The van der Waals surface area contributed by atoms with Gasteiger partial charge >= 0.3 is 5.97 Å². The number of methoxy groups -OCH3 is 2. The molecule has 0 bridgehead atoms. The molecule has 154 valence electrons. The molecule has 31 heavy (non-hydrogen) atoms. The second kappa shape index (κ2) is 8.81. The van der Waals surface area contributed by atoms with Crippen molar-refractivity contribution in [3.8, 4) is 23.3 Å². The number of aryl methyl sites for hydroxylation is 1. The molecule has 4 rings (SSSR count). The van der Waals surface area contributed by atoms with Gasteiger partial charge in [-0.2, -0.15) is 0 Å². The highest BCUT2D eigenvalue weighted by molar-refractivity contribution is 5.89. The number of aromatic carboxylic acids is 1. The van der Waals surface area contributed by atoms with Gasteiger partial charge in [-0.05, 0) is 77.6 Å². The molecule has 3 aromatic carbocycles. The smallest absolute Gasteiger partial charge is 0.335 e. The summed E-state index contributed by atoms with van der Waals surface area (Å²) in [6.45, 7) is 0. The van der Waals surface area contributed by atoms with Crippen molar-refractivity contribution in [2.24, 2.45) is 0 Å². The lowest BCUT2D eigenvalue weighted by Crippen LogP contribution is -1.95. The van der Waals surface area contributed by atoms with E-state index in [1.54, 1.807) is 38.5 Å². The number of hydrogen-bond acceptors (Lipinski definition) is 3. The fourth-order valence-corrected chi connectivity index (χ4v) is 3.78. The van der Waals surface area contributed by atoms with E-state index in [0.29, 0.717) is 0 Å². The van der Waals surface area contributed by atoms with E-state index < -0.39 is 5.97 Å². The molecule has 0 amide bonds. The third kappa shape index (κ3) is 4.46. The second-order valence-corrected chi connectivity index (χ2v) is 7.29. The van der Waals surface area contributed by atoms with Gasteiger partial charge in [0, 0.05) is 17.2 Å². The second-order valence-electron chi connectivity index (χ2n) is 7.29. The minimum absolute atomic E-state index is 0.255. The summed E-state index contributed by atoms with van der Waals surface area (Å²) in [7, 11) is 3.29. The van der Waals surface area contributed by atoms with Crippen LogP contribution in [0.4, 0.5) is 0 Å². The van der Waals surface area contributed by atoms with Gasteiger partial charge in [-0.3, -0.25) is 0 Å². The van der Waals surface area contributed by atoms with Crippen molar-refractivity contribution < 1.29 is 19.4 Å². The summed E-state index contributed by atoms with van der Waals surface area (Å²) in [6, 6.07) is 18.7. The van der Waals surface area contributed by atoms with Crippen LogP contribution in [0.1, 0.15) is 44.6 Å². The Morgan fingerprint density at radius 2 is 1.65 bits per heavy atom. The molecule has 4 nitrogen and oxygen atoms in total. The van der Waals surface area contributed by atoms with Crippen LogP contribution in [-0.4, -0.2) is 25.3 Å². The molecule has 0 saturated heterocycles. The van der Waals surface area contributed by atoms with E-state index in [1.807, 2.05) is 30.3 Å². The van der Waals surface area contributed by atoms with Crippen LogP contribution in [-0.2, 0) is 6.42 Å². The Labute approximate surface area is 181 Å². The van der Waals surface area contributed by atoms with Crippen molar-refractivity contribution in [2.45, 2.75) is 12.8 Å². The molecule has 0 spiro atoms. The fraction of sp³-hybridized carbons (Fsp3) is 0.148. The monoisotopic (exact) mass is 410 g/mol. The van der Waals surface area contributed by atoms with Gasteiger partial charge in [0.15, 0.2) is 0 Å². The van der Waals surface area contributed by atoms with Crippen LogP contribution in [0.15, 0.2) is 60.7 Å². The van der Waals surface area contributed by atoms with E-state index in [1.165, 1.54) is 16.7 Å². The molecule has 4 heteroatoms. The van der Waals surface area contributed by atoms with Gasteiger partial charge in [-0.25, -0.2) is 4.79 Å². The molecule has 1 aliphatic carbocycles. The summed E-state index contributed by atoms with van der Waals surface area (Å²) < 4.78 is 10.8. The Hall–Kier alpha value is -3.97. The zero-order valence-corrected chi connectivity index (χ0v) is 17.4. The highest BCUT2D eigenvalue weighted by Crippen LogP contribution is 2.37. The Morgan fingerprint density at radius 1 is 0.935 bits per heavy atom. The Morgan fingerprint density at radius 3 is 2.29 bits per heavy atom. The summed E-state index contributed by atoms with van der Waals surface area (Å²) >= 11 is 0. The van der Waals surface area contributed by atoms with Crippen molar-refractivity contribution >= 4 is 17.6 Å². The molecule has 0 fully saturated rings. The minimum atomic E-state index is -0.940. The summed E-state index contributed by atoms with van der Waals surface area (Å²) in [6.07, 6.45) is 4.09. The van der Waals surface area contributed by atoms with Crippen LogP contribution in [0.3, 0.4) is 0 Å². The number of benzene rings is 3. The number of hydrogen-bond donors (Lipinski definition) is 1. The first-order chi connectivity index (χ1) is 15.1. The standard InChI is InChI=1S/C27H22O4/c1-30-24-15-19(16-25(17-24)31-2)14-23-13-12-21-5-3-4-20(26(21)23)9-6-18-7-10-22(11-8-18)27(28)29/h3-5,7-8,10-11,14-17H,12-13H2,1-2H3,(H,28,29)/b23-14+. The van der Waals surface area contributed by atoms with Crippen molar-refractivity contribution in [1.29, 1.82) is 0 Å². The first-order valence-corrected chi connectivity index (χ1v) is 9.98. The largest absolute Gasteiger partial charge is 0.497 e. The number of fused-ring (bicyclic) bond motifs is 1. The predicted molar refractivity (Wildman–Crippen MR) is 122 cm³/mol. The number of allylic oxidation sites excluding steroid dienone is 1. The predicted octanol–water partition coefficient (Wildman–Crippen LogP) is 5.29. The molecule has 0 aliphatic heterocycles. The summed E-state index contributed by atoms with van der Waals surface area (Å²) in [5.74, 6) is 7.01. The summed E-state index contributed by atoms with van der Waals surface area (Å²) in [4.78, 5) is 11.0. The Balaban J connectivity index is 1.71. The number of rotatable bonds is 4. The minimum Gasteiger partial charge on any atom is -0.497 e. The molecule has 0 aromatic heterocycles. The average molecular weight is 410 g/mol. The van der Waals surface area contributed by atoms with Crippen LogP contribution in [0, 0.1) is 11.8 Å². The van der Waals surface area contributed by atoms with E-state index in [4.69, 9.17) is 14.6 Å². The van der Waals surface area contributed by atoms with E-state index in [2.05, 4.69) is 24.0 Å². The fourth-order valence-electron chi connectivity index (χ4n) is 3.78. The van der Waals surface area contributed by atoms with Gasteiger partial charge in [0.1, 0.15) is 11.5 Å². The molecule has 1 N–H and O–H groups in total. The summed E-state index contributed by atoms with van der Waals surface area (Å²) in [5.41, 5.74) is 6.72. The highest BCUT2D eigenvalue weighted by atomic mass is 16.5. The topological polar surface area (TPSA) is 55.8 Å². The van der Waals surface area contributed by atoms with E-state index in [0.717, 1.165) is 41.0 Å². The van der Waals surface area contributed by atoms with E-state index >= 15 is 0 Å². The molecule has 3 aromatic rings. The number of carbonyl (C=O) groups is 1. The molecule has 0 saturated carbocycles. The molecular weight excluding hydrogens is 388 g/mol. The van der Waals surface area contributed by atoms with Gasteiger partial charge in [0.05, 0.1) is 19.8 Å². The van der Waals surface area contributed by atoms with Crippen LogP contribution in [0.5, 0.6) is 11.5 Å². The van der Waals surface area contributed by atoms with Gasteiger partial charge in [0.25, 0.3) is 0 Å². The van der Waals surface area contributed by atoms with Crippen LogP contribution in [0.2, 0.25) is 0 Å². The molecule has 0 unspecified atom stereocenters. The third-order valence-corrected chi connectivity index (χ3v) is 5.32. The van der Waals surface area contributed by atoms with Gasteiger partial charge < -0.3 is 14.6 Å². The van der Waals surface area contributed by atoms with Crippen molar-refractivity contribution in [2.75, 3.05) is 14.2 Å². The molecule has 0 heterocycles. The lowest BCUT2D eigenvalue weighted by atomic mass is 9.98. The zero-order valence-electron chi connectivity index (χ0n) is 17.4. The van der Waals surface area contributed by atoms with Crippen molar-refractivity contribution in [3.05, 3.63) is 94.0 Å². The first kappa shape index (κ1) is 20.3. The van der Waals surface area contributed by atoms with Crippen LogP contribution < -0.4 is 9.47 Å². The number of carboxylic acid groups (broad SMARTS) is 1. The third-order valence-electron chi connectivity index (χ3n) is 5.32. The normalized spacial score (nSPS) is 13.3. The van der Waals surface area contributed by atoms with Crippen molar-refractivity contribution in [1.82, 2.24) is 0 Å². The lowest BCUT2D eigenvalue weighted by Gasteiger charge is -2.08. The lowest BCUT2D eigenvalue weighted by molar-refractivity contribution is 0.0697. The molecular formula is C27H22O4. The maximum atomic E-state index is 11.0. The van der Waals surface area contributed by atoms with Crippen LogP contribution >= 0.6 is 0 Å². The van der Waals surface area contributed by atoms with Gasteiger partial charge in [-0.1, -0.05) is 30.0 Å². The van der Waals surface area contributed by atoms with Crippen LogP contribution in [0.25, 0.3) is 11.6 Å². The maximum absolute atomic E-state index is 11.0. The van der Waals surface area contributed by atoms with Gasteiger partial charge in [-0.15, -0.1) is 0 Å². The quantitative estimate of drug-likeness (QED) is 0.594. The number of carboxylic acids is 1. The Kier molecular flexibility index (Phi) is 5.77. The first-order valence-electron chi connectivity index (χ1n) is 9.98. The highest BCUT2D eigenvalue weighted by Gasteiger charge is 2.19. The molecule has 1 aliphatic rings. The zero-order chi connectivity index (χ0) is 21.8. The van der Waals surface area contributed by atoms with Gasteiger partial charge in [0.2, 0.25) is 0 Å². The molecule has 0 atom stereocenters. The van der Waals surface area contributed by atoms with E-state index in [-0.39, 0.29) is 5.56 Å². The van der Waals surface area contributed by atoms with E-state index in [9.17, 15) is 4.79 Å². The maximum Gasteiger partial charge on any atom is 0.335 e. The average Bonchev–Trinajstić information content (AvgIpc) is 3.21. The Bertz CT molecular complexity index is 1200. The number of ether oxygens (including phenoxy) is 2. The van der Waals surface area contributed by atoms with Crippen molar-refractivity contribution in [3.63, 3.8) is 0 Å². The SMILES string of the molecule is COc1cc(/C=C2\CCc3cccc(C#Cc4ccc(C(=O)O)cc4)c32)cc(OC)c1. The summed E-state index contributed by atoms with van der Waals surface area (Å²) in [5, 5.41) is 9.05.